The average Bonchev–Trinajstić information content (AvgIpc) is 2.60. The highest BCUT2D eigenvalue weighted by Gasteiger charge is 2.30. The van der Waals surface area contributed by atoms with Gasteiger partial charge in [0.25, 0.3) is 0 Å². The zero-order valence-corrected chi connectivity index (χ0v) is 10.6. The van der Waals surface area contributed by atoms with Crippen LogP contribution >= 0.6 is 0 Å². The maximum atomic E-state index is 11.3. The van der Waals surface area contributed by atoms with E-state index < -0.39 is 9.84 Å². The molecule has 1 rings (SSSR count). The minimum atomic E-state index is -2.81. The van der Waals surface area contributed by atoms with Gasteiger partial charge >= 0.3 is 0 Å². The van der Waals surface area contributed by atoms with Crippen molar-refractivity contribution in [1.29, 1.82) is 5.26 Å². The first-order chi connectivity index (χ1) is 7.48. The van der Waals surface area contributed by atoms with Gasteiger partial charge < -0.3 is 10.2 Å². The van der Waals surface area contributed by atoms with Crippen LogP contribution in [0.25, 0.3) is 0 Å². The molecule has 92 valence electrons. The first kappa shape index (κ1) is 13.4. The van der Waals surface area contributed by atoms with Crippen molar-refractivity contribution >= 4 is 9.84 Å². The van der Waals surface area contributed by atoms with Gasteiger partial charge in [-0.1, -0.05) is 0 Å². The van der Waals surface area contributed by atoms with E-state index in [0.29, 0.717) is 5.75 Å². The molecule has 0 aromatic rings. The monoisotopic (exact) mass is 245 g/mol. The Kier molecular flexibility index (Phi) is 4.71. The van der Waals surface area contributed by atoms with Crippen LogP contribution in [0.4, 0.5) is 0 Å². The number of sulfone groups is 1. The Bertz CT molecular complexity index is 361. The molecule has 1 aliphatic rings. The largest absolute Gasteiger partial charge is 0.305 e. The summed E-state index contributed by atoms with van der Waals surface area (Å²) in [5.41, 5.74) is 0. The zero-order chi connectivity index (χ0) is 12.2. The minimum absolute atomic E-state index is 0.126. The highest BCUT2D eigenvalue weighted by Crippen LogP contribution is 2.16. The van der Waals surface area contributed by atoms with E-state index in [9.17, 15) is 8.42 Å². The second kappa shape index (κ2) is 5.62. The van der Waals surface area contributed by atoms with E-state index in [1.54, 1.807) is 7.05 Å². The SMILES string of the molecule is CNC(C#N)CCN(C)C1CCS(=O)(=O)C1. The van der Waals surface area contributed by atoms with Gasteiger partial charge in [0.2, 0.25) is 0 Å². The van der Waals surface area contributed by atoms with Crippen LogP contribution in [-0.4, -0.2) is 57.5 Å². The highest BCUT2D eigenvalue weighted by molar-refractivity contribution is 7.91. The van der Waals surface area contributed by atoms with E-state index in [2.05, 4.69) is 11.4 Å². The van der Waals surface area contributed by atoms with E-state index >= 15 is 0 Å². The van der Waals surface area contributed by atoms with Gasteiger partial charge in [0.15, 0.2) is 9.84 Å². The molecule has 1 heterocycles. The summed E-state index contributed by atoms with van der Waals surface area (Å²) in [5.74, 6) is 0.565. The normalized spacial score (nSPS) is 25.5. The van der Waals surface area contributed by atoms with E-state index in [4.69, 9.17) is 5.26 Å². The first-order valence-electron chi connectivity index (χ1n) is 5.46. The predicted octanol–water partition coefficient (Wildman–Crippen LogP) is -0.393. The summed E-state index contributed by atoms with van der Waals surface area (Å²) < 4.78 is 22.6. The van der Waals surface area contributed by atoms with Crippen molar-refractivity contribution in [3.63, 3.8) is 0 Å². The maximum Gasteiger partial charge on any atom is 0.151 e. The third kappa shape index (κ3) is 3.74. The van der Waals surface area contributed by atoms with Crippen LogP contribution in [0.2, 0.25) is 0 Å². The smallest absolute Gasteiger partial charge is 0.151 e. The molecule has 0 radical (unpaired) electrons. The van der Waals surface area contributed by atoms with Crippen LogP contribution in [0.1, 0.15) is 12.8 Å². The Labute approximate surface area is 97.3 Å². The Morgan fingerprint density at radius 1 is 1.62 bits per heavy atom. The molecule has 6 heteroatoms. The fourth-order valence-corrected chi connectivity index (χ4v) is 3.72. The molecule has 0 aromatic heterocycles. The predicted molar refractivity (Wildman–Crippen MR) is 62.8 cm³/mol. The van der Waals surface area contributed by atoms with Crippen molar-refractivity contribution in [3.05, 3.63) is 0 Å². The van der Waals surface area contributed by atoms with Gasteiger partial charge in [-0.25, -0.2) is 8.42 Å². The number of hydrogen-bond acceptors (Lipinski definition) is 5. The van der Waals surface area contributed by atoms with Crippen LogP contribution in [0.3, 0.4) is 0 Å². The van der Waals surface area contributed by atoms with E-state index in [0.717, 1.165) is 19.4 Å². The maximum absolute atomic E-state index is 11.3. The third-order valence-electron chi connectivity index (χ3n) is 3.11. The van der Waals surface area contributed by atoms with Crippen LogP contribution in [0.15, 0.2) is 0 Å². The van der Waals surface area contributed by atoms with Crippen LogP contribution < -0.4 is 5.32 Å². The number of nitrogens with zero attached hydrogens (tertiary/aromatic N) is 2. The summed E-state index contributed by atoms with van der Waals surface area (Å²) >= 11 is 0. The highest BCUT2D eigenvalue weighted by atomic mass is 32.2. The van der Waals surface area contributed by atoms with Crippen molar-refractivity contribution in [2.45, 2.75) is 24.9 Å². The van der Waals surface area contributed by atoms with Crippen molar-refractivity contribution in [2.75, 3.05) is 32.1 Å². The molecule has 1 fully saturated rings. The Hall–Kier alpha value is -0.640. The molecule has 5 nitrogen and oxygen atoms in total. The second-order valence-electron chi connectivity index (χ2n) is 4.30. The average molecular weight is 245 g/mol. The summed E-state index contributed by atoms with van der Waals surface area (Å²) in [7, 11) is 0.872. The molecule has 2 unspecified atom stereocenters. The summed E-state index contributed by atoms with van der Waals surface area (Å²) in [6.45, 7) is 0.749. The van der Waals surface area contributed by atoms with Crippen LogP contribution in [0, 0.1) is 11.3 Å². The molecule has 0 aromatic carbocycles. The molecule has 1 N–H and O–H groups in total. The fourth-order valence-electron chi connectivity index (χ4n) is 1.91. The molecule has 2 atom stereocenters. The van der Waals surface area contributed by atoms with Crippen molar-refractivity contribution in [3.8, 4) is 6.07 Å². The van der Waals surface area contributed by atoms with E-state index in [1.165, 1.54) is 0 Å². The van der Waals surface area contributed by atoms with E-state index in [-0.39, 0.29) is 17.8 Å². The van der Waals surface area contributed by atoms with Crippen molar-refractivity contribution in [1.82, 2.24) is 10.2 Å². The van der Waals surface area contributed by atoms with Crippen LogP contribution in [0.5, 0.6) is 0 Å². The van der Waals surface area contributed by atoms with Gasteiger partial charge in [-0.05, 0) is 26.9 Å². The molecular formula is C10H19N3O2S. The van der Waals surface area contributed by atoms with Crippen molar-refractivity contribution in [2.24, 2.45) is 0 Å². The van der Waals surface area contributed by atoms with Gasteiger partial charge in [0, 0.05) is 12.6 Å². The topological polar surface area (TPSA) is 73.2 Å². The first-order valence-corrected chi connectivity index (χ1v) is 7.28. The number of nitrogens with one attached hydrogen (secondary N) is 1. The molecular weight excluding hydrogens is 226 g/mol. The summed E-state index contributed by atoms with van der Waals surface area (Å²) in [4.78, 5) is 2.05. The van der Waals surface area contributed by atoms with Crippen LogP contribution in [-0.2, 0) is 9.84 Å². The van der Waals surface area contributed by atoms with Gasteiger partial charge in [-0.3, -0.25) is 0 Å². The molecule has 0 aliphatic carbocycles. The molecule has 0 saturated carbocycles. The Morgan fingerprint density at radius 3 is 2.75 bits per heavy atom. The number of nitriles is 1. The molecule has 0 amide bonds. The number of rotatable bonds is 5. The van der Waals surface area contributed by atoms with Gasteiger partial charge in [0.1, 0.15) is 0 Å². The van der Waals surface area contributed by atoms with Crippen molar-refractivity contribution < 1.29 is 8.42 Å². The quantitative estimate of drug-likeness (QED) is 0.714. The Balaban J connectivity index is 2.37. The summed E-state index contributed by atoms with van der Waals surface area (Å²) in [6.07, 6.45) is 1.44. The molecule has 0 spiro atoms. The van der Waals surface area contributed by atoms with Gasteiger partial charge in [-0.15, -0.1) is 0 Å². The molecule has 1 saturated heterocycles. The van der Waals surface area contributed by atoms with Gasteiger partial charge in [-0.2, -0.15) is 5.26 Å². The zero-order valence-electron chi connectivity index (χ0n) is 9.81. The Morgan fingerprint density at radius 2 is 2.31 bits per heavy atom. The van der Waals surface area contributed by atoms with Gasteiger partial charge in [0.05, 0.1) is 23.6 Å². The minimum Gasteiger partial charge on any atom is -0.305 e. The molecule has 16 heavy (non-hydrogen) atoms. The number of hydrogen-bond donors (Lipinski definition) is 1. The lowest BCUT2D eigenvalue weighted by molar-refractivity contribution is 0.253. The van der Waals surface area contributed by atoms with E-state index in [1.807, 2.05) is 11.9 Å². The molecule has 0 bridgehead atoms. The lowest BCUT2D eigenvalue weighted by Crippen LogP contribution is -2.36. The fraction of sp³-hybridized carbons (Fsp3) is 0.900. The second-order valence-corrected chi connectivity index (χ2v) is 6.53. The molecule has 1 aliphatic heterocycles. The lowest BCUT2D eigenvalue weighted by Gasteiger charge is -2.23. The summed E-state index contributed by atoms with van der Waals surface area (Å²) in [5, 5.41) is 11.7. The summed E-state index contributed by atoms with van der Waals surface area (Å²) in [6, 6.07) is 2.13. The third-order valence-corrected chi connectivity index (χ3v) is 4.86. The standard InChI is InChI=1S/C10H19N3O2S/c1-12-9(7-11)3-5-13(2)10-4-6-16(14,15)8-10/h9-10,12H,3-6,8H2,1-2H3. The lowest BCUT2D eigenvalue weighted by atomic mass is 10.2.